The summed E-state index contributed by atoms with van der Waals surface area (Å²) in [5, 5.41) is 4.05. The first-order valence-corrected chi connectivity index (χ1v) is 9.80. The van der Waals surface area contributed by atoms with Crippen LogP contribution < -0.4 is 4.83 Å². The summed E-state index contributed by atoms with van der Waals surface area (Å²) < 4.78 is 24.7. The molecule has 2 aliphatic rings. The molecule has 0 spiro atoms. The van der Waals surface area contributed by atoms with Crippen LogP contribution in [0.5, 0.6) is 0 Å². The summed E-state index contributed by atoms with van der Waals surface area (Å²) in [6, 6.07) is 6.55. The van der Waals surface area contributed by atoms with E-state index in [1.54, 1.807) is 24.3 Å². The van der Waals surface area contributed by atoms with Crippen molar-refractivity contribution in [1.82, 2.24) is 4.83 Å². The standard InChI is InChI=1S/C18H24N2O3S/c1-11-5-7-12(8-6-11)24(22,23)20-19-16-13-9-10-14(17(16)21)15(13)18(2,3)4/h5-8,13-15,20H,9-10H2,1-4H3/b19-16+/t13-,14+,15+/m1/s1. The Morgan fingerprint density at radius 1 is 1.08 bits per heavy atom. The molecule has 0 unspecified atom stereocenters. The van der Waals surface area contributed by atoms with Crippen molar-refractivity contribution in [1.29, 1.82) is 0 Å². The van der Waals surface area contributed by atoms with Crippen molar-refractivity contribution in [2.24, 2.45) is 28.3 Å². The van der Waals surface area contributed by atoms with E-state index >= 15 is 0 Å². The predicted octanol–water partition coefficient (Wildman–Crippen LogP) is 2.90. The molecule has 3 rings (SSSR count). The van der Waals surface area contributed by atoms with Crippen LogP contribution in [0, 0.1) is 30.1 Å². The molecule has 2 saturated carbocycles. The van der Waals surface area contributed by atoms with Crippen LogP contribution in [0.25, 0.3) is 0 Å². The van der Waals surface area contributed by atoms with Gasteiger partial charge in [-0.05, 0) is 43.2 Å². The fourth-order valence-electron chi connectivity index (χ4n) is 4.20. The predicted molar refractivity (Wildman–Crippen MR) is 93.1 cm³/mol. The lowest BCUT2D eigenvalue weighted by atomic mass is 9.74. The third-order valence-electron chi connectivity index (χ3n) is 5.21. The molecule has 130 valence electrons. The van der Waals surface area contributed by atoms with Crippen molar-refractivity contribution in [3.8, 4) is 0 Å². The summed E-state index contributed by atoms with van der Waals surface area (Å²) in [6.07, 6.45) is 1.79. The zero-order valence-corrected chi connectivity index (χ0v) is 15.4. The number of Topliss-reactive ketones (excluding diaryl/α,β-unsaturated/α-hetero) is 1. The molecule has 24 heavy (non-hydrogen) atoms. The average molecular weight is 348 g/mol. The highest BCUT2D eigenvalue weighted by Gasteiger charge is 2.56. The van der Waals surface area contributed by atoms with Crippen molar-refractivity contribution >= 4 is 21.5 Å². The molecular weight excluding hydrogens is 324 g/mol. The number of hydrogen-bond donors (Lipinski definition) is 1. The minimum absolute atomic E-state index is 0.00853. The van der Waals surface area contributed by atoms with Crippen LogP contribution in [0.4, 0.5) is 0 Å². The topological polar surface area (TPSA) is 75.6 Å². The van der Waals surface area contributed by atoms with Crippen LogP contribution in [0.2, 0.25) is 0 Å². The molecular formula is C18H24N2O3S. The van der Waals surface area contributed by atoms with Gasteiger partial charge in [0, 0.05) is 11.8 Å². The second kappa shape index (κ2) is 5.69. The number of rotatable bonds is 3. The van der Waals surface area contributed by atoms with Crippen molar-refractivity contribution in [3.63, 3.8) is 0 Å². The number of nitrogens with one attached hydrogen (secondary N) is 1. The van der Waals surface area contributed by atoms with Crippen LogP contribution in [0.15, 0.2) is 34.3 Å². The molecule has 3 atom stereocenters. The largest absolute Gasteiger partial charge is 0.292 e. The smallest absolute Gasteiger partial charge is 0.276 e. The highest BCUT2D eigenvalue weighted by Crippen LogP contribution is 2.53. The lowest BCUT2D eigenvalue weighted by Crippen LogP contribution is -2.28. The SMILES string of the molecule is Cc1ccc(S(=O)(=O)N/N=C2/C(=O)[C@H]3CC[C@@H]2[C@@H]3C(C)(C)C)cc1. The molecule has 1 aromatic carbocycles. The molecule has 1 aromatic rings. The van der Waals surface area contributed by atoms with E-state index in [2.05, 4.69) is 30.7 Å². The van der Waals surface area contributed by atoms with E-state index < -0.39 is 10.0 Å². The average Bonchev–Trinajstić information content (AvgIpc) is 3.02. The fourth-order valence-corrected chi connectivity index (χ4v) is 5.02. The Bertz CT molecular complexity index is 789. The molecule has 0 heterocycles. The van der Waals surface area contributed by atoms with Crippen molar-refractivity contribution < 1.29 is 13.2 Å². The van der Waals surface area contributed by atoms with Crippen LogP contribution in [-0.4, -0.2) is 19.9 Å². The lowest BCUT2D eigenvalue weighted by molar-refractivity contribution is -0.117. The molecule has 0 radical (unpaired) electrons. The minimum Gasteiger partial charge on any atom is -0.292 e. The van der Waals surface area contributed by atoms with Gasteiger partial charge >= 0.3 is 0 Å². The van der Waals surface area contributed by atoms with Gasteiger partial charge in [0.05, 0.1) is 4.90 Å². The number of hydrogen-bond acceptors (Lipinski definition) is 4. The first-order valence-electron chi connectivity index (χ1n) is 8.31. The number of sulfonamides is 1. The van der Waals surface area contributed by atoms with Crippen LogP contribution in [0.3, 0.4) is 0 Å². The Kier molecular flexibility index (Phi) is 4.06. The number of carbonyl (C=O) groups excluding carboxylic acids is 1. The highest BCUT2D eigenvalue weighted by molar-refractivity contribution is 7.89. The molecule has 0 saturated heterocycles. The number of benzene rings is 1. The molecule has 1 N–H and O–H groups in total. The van der Waals surface area contributed by atoms with E-state index in [1.165, 1.54) is 0 Å². The summed E-state index contributed by atoms with van der Waals surface area (Å²) in [5.74, 6) is 0.297. The monoisotopic (exact) mass is 348 g/mol. The summed E-state index contributed by atoms with van der Waals surface area (Å²) in [4.78, 5) is 15.0. The van der Waals surface area contributed by atoms with Gasteiger partial charge in [0.15, 0.2) is 5.78 Å². The van der Waals surface area contributed by atoms with Gasteiger partial charge in [0.2, 0.25) is 0 Å². The van der Waals surface area contributed by atoms with Gasteiger partial charge in [-0.2, -0.15) is 18.4 Å². The molecule has 5 nitrogen and oxygen atoms in total. The van der Waals surface area contributed by atoms with E-state index in [0.29, 0.717) is 5.71 Å². The van der Waals surface area contributed by atoms with Gasteiger partial charge in [-0.25, -0.2) is 0 Å². The first-order chi connectivity index (χ1) is 11.1. The summed E-state index contributed by atoms with van der Waals surface area (Å²) >= 11 is 0. The Morgan fingerprint density at radius 2 is 1.67 bits per heavy atom. The minimum atomic E-state index is -3.75. The number of aryl methyl sites for hydroxylation is 1. The van der Waals surface area contributed by atoms with Gasteiger partial charge in [-0.1, -0.05) is 38.5 Å². The third-order valence-corrected chi connectivity index (χ3v) is 6.44. The Morgan fingerprint density at radius 3 is 2.21 bits per heavy atom. The van der Waals surface area contributed by atoms with E-state index in [0.717, 1.165) is 18.4 Å². The van der Waals surface area contributed by atoms with Gasteiger partial charge in [-0.15, -0.1) is 0 Å². The fraction of sp³-hybridized carbons (Fsp3) is 0.556. The summed E-state index contributed by atoms with van der Waals surface area (Å²) in [7, 11) is -3.75. The maximum Gasteiger partial charge on any atom is 0.276 e. The number of ketones is 1. The van der Waals surface area contributed by atoms with Crippen molar-refractivity contribution in [2.75, 3.05) is 0 Å². The molecule has 2 aliphatic carbocycles. The normalized spacial score (nSPS) is 28.6. The maximum absolute atomic E-state index is 12.6. The molecule has 2 fully saturated rings. The number of carbonyl (C=O) groups is 1. The first kappa shape index (κ1) is 17.1. The van der Waals surface area contributed by atoms with E-state index in [9.17, 15) is 13.2 Å². The highest BCUT2D eigenvalue weighted by atomic mass is 32.2. The number of hydrazone groups is 1. The van der Waals surface area contributed by atoms with Crippen LogP contribution in [0.1, 0.15) is 39.2 Å². The Labute approximate surface area is 143 Å². The van der Waals surface area contributed by atoms with Crippen molar-refractivity contribution in [2.45, 2.75) is 45.4 Å². The maximum atomic E-state index is 12.6. The van der Waals surface area contributed by atoms with Gasteiger partial charge in [-0.3, -0.25) is 4.79 Å². The second-order valence-electron chi connectivity index (χ2n) is 7.95. The summed E-state index contributed by atoms with van der Waals surface area (Å²) in [6.45, 7) is 8.30. The van der Waals surface area contributed by atoms with Crippen LogP contribution >= 0.6 is 0 Å². The zero-order chi connectivity index (χ0) is 17.7. The molecule has 0 aliphatic heterocycles. The molecule has 0 amide bonds. The number of fused-ring (bicyclic) bond motifs is 2. The van der Waals surface area contributed by atoms with E-state index in [1.807, 2.05) is 6.92 Å². The lowest BCUT2D eigenvalue weighted by Gasteiger charge is -2.29. The Hall–Kier alpha value is -1.69. The van der Waals surface area contributed by atoms with Gasteiger partial charge in [0.1, 0.15) is 5.71 Å². The Balaban J connectivity index is 1.85. The molecule has 6 heteroatoms. The van der Waals surface area contributed by atoms with Crippen molar-refractivity contribution in [3.05, 3.63) is 29.8 Å². The van der Waals surface area contributed by atoms with Gasteiger partial charge in [0.25, 0.3) is 10.0 Å². The number of nitrogens with zero attached hydrogens (tertiary/aromatic N) is 1. The molecule has 0 aromatic heterocycles. The quantitative estimate of drug-likeness (QED) is 0.853. The zero-order valence-electron chi connectivity index (χ0n) is 14.5. The second-order valence-corrected chi connectivity index (χ2v) is 9.61. The van der Waals surface area contributed by atoms with Gasteiger partial charge < -0.3 is 0 Å². The van der Waals surface area contributed by atoms with E-state index in [-0.39, 0.29) is 33.8 Å². The summed E-state index contributed by atoms with van der Waals surface area (Å²) in [5.41, 5.74) is 1.40. The van der Waals surface area contributed by atoms with E-state index in [4.69, 9.17) is 0 Å². The molecule has 2 bridgehead atoms. The third kappa shape index (κ3) is 2.88. The van der Waals surface area contributed by atoms with Crippen LogP contribution in [-0.2, 0) is 14.8 Å².